The van der Waals surface area contributed by atoms with Gasteiger partial charge in [-0.3, -0.25) is 9.59 Å². The molecule has 3 aromatic rings. The Morgan fingerprint density at radius 3 is 2.10 bits per heavy atom. The molecule has 5 heteroatoms. The lowest BCUT2D eigenvalue weighted by Crippen LogP contribution is -2.30. The van der Waals surface area contributed by atoms with Crippen molar-refractivity contribution < 1.29 is 19.4 Å². The summed E-state index contributed by atoms with van der Waals surface area (Å²) >= 11 is 0. The molecule has 4 rings (SSSR count). The average molecular weight is 399 g/mol. The maximum Gasteiger partial charge on any atom is 0.235 e. The van der Waals surface area contributed by atoms with Gasteiger partial charge in [-0.25, -0.2) is 0 Å². The number of methoxy groups -OCH3 is 1. The predicted molar refractivity (Wildman–Crippen MR) is 116 cm³/mol. The number of ether oxygens (including phenoxy) is 1. The first kappa shape index (κ1) is 19.5. The molecule has 3 aromatic carbocycles. The van der Waals surface area contributed by atoms with E-state index >= 15 is 0 Å². The number of anilines is 1. The largest absolute Gasteiger partial charge is 0.507 e. The van der Waals surface area contributed by atoms with Gasteiger partial charge in [0.25, 0.3) is 0 Å². The van der Waals surface area contributed by atoms with Gasteiger partial charge in [-0.2, -0.15) is 0 Å². The Labute approximate surface area is 174 Å². The van der Waals surface area contributed by atoms with Gasteiger partial charge in [0.1, 0.15) is 11.5 Å². The third-order valence-corrected chi connectivity index (χ3v) is 5.23. The van der Waals surface area contributed by atoms with Crippen LogP contribution in [0.4, 0.5) is 5.69 Å². The van der Waals surface area contributed by atoms with Crippen molar-refractivity contribution in [3.05, 3.63) is 101 Å². The van der Waals surface area contributed by atoms with Crippen LogP contribution in [0.2, 0.25) is 0 Å². The number of hydrogen-bond acceptors (Lipinski definition) is 5. The van der Waals surface area contributed by atoms with E-state index in [1.165, 1.54) is 0 Å². The van der Waals surface area contributed by atoms with Crippen molar-refractivity contribution in [1.82, 2.24) is 0 Å². The summed E-state index contributed by atoms with van der Waals surface area (Å²) in [6.07, 6.45) is 0. The molecule has 2 N–H and O–H groups in total. The van der Waals surface area contributed by atoms with Crippen molar-refractivity contribution in [3.8, 4) is 5.75 Å². The Morgan fingerprint density at radius 1 is 0.833 bits per heavy atom. The summed E-state index contributed by atoms with van der Waals surface area (Å²) in [6, 6.07) is 20.7. The molecule has 0 saturated heterocycles. The predicted octanol–water partition coefficient (Wildman–Crippen LogP) is 4.89. The highest BCUT2D eigenvalue weighted by atomic mass is 16.5. The molecule has 5 nitrogen and oxygen atoms in total. The lowest BCUT2D eigenvalue weighted by atomic mass is 9.83. The highest BCUT2D eigenvalue weighted by Crippen LogP contribution is 2.37. The number of aryl methyl sites for hydroxylation is 1. The number of fused-ring (bicyclic) bond motifs is 1. The van der Waals surface area contributed by atoms with Gasteiger partial charge < -0.3 is 15.2 Å². The number of aliphatic hydroxyl groups is 1. The topological polar surface area (TPSA) is 75.6 Å². The van der Waals surface area contributed by atoms with Crippen LogP contribution in [0.3, 0.4) is 0 Å². The van der Waals surface area contributed by atoms with Crippen molar-refractivity contribution in [1.29, 1.82) is 0 Å². The fourth-order valence-electron chi connectivity index (χ4n) is 3.59. The lowest BCUT2D eigenvalue weighted by molar-refractivity contribution is -0.112. The number of aliphatic hydroxyl groups excluding tert-OH is 1. The minimum absolute atomic E-state index is 0.0319. The number of benzene rings is 3. The van der Waals surface area contributed by atoms with Crippen molar-refractivity contribution in [2.75, 3.05) is 12.4 Å². The molecular weight excluding hydrogens is 378 g/mol. The highest BCUT2D eigenvalue weighted by Gasteiger charge is 2.37. The summed E-state index contributed by atoms with van der Waals surface area (Å²) in [5, 5.41) is 14.3. The number of nitrogens with one attached hydrogen (secondary N) is 1. The maximum absolute atomic E-state index is 13.0. The number of Topliss-reactive ketones (excluding diaryl/α,β-unsaturated/α-hetero) is 2. The van der Waals surface area contributed by atoms with Gasteiger partial charge in [-0.15, -0.1) is 0 Å². The third kappa shape index (κ3) is 3.46. The van der Waals surface area contributed by atoms with Crippen LogP contribution in [0.5, 0.6) is 5.75 Å². The molecule has 0 aromatic heterocycles. The van der Waals surface area contributed by atoms with Crippen LogP contribution in [0.25, 0.3) is 5.76 Å². The van der Waals surface area contributed by atoms with Crippen LogP contribution in [0, 0.1) is 6.92 Å². The normalized spacial score (nSPS) is 14.3. The Morgan fingerprint density at radius 2 is 1.47 bits per heavy atom. The van der Waals surface area contributed by atoms with Gasteiger partial charge in [0.2, 0.25) is 11.6 Å². The fraction of sp³-hybridized carbons (Fsp3) is 0.120. The lowest BCUT2D eigenvalue weighted by Gasteiger charge is -2.27. The van der Waals surface area contributed by atoms with Crippen LogP contribution in [-0.2, 0) is 4.79 Å². The van der Waals surface area contributed by atoms with Crippen molar-refractivity contribution in [2.45, 2.75) is 13.0 Å². The molecule has 1 aliphatic rings. The van der Waals surface area contributed by atoms with E-state index in [0.29, 0.717) is 11.3 Å². The smallest absolute Gasteiger partial charge is 0.235 e. The van der Waals surface area contributed by atoms with Gasteiger partial charge in [0.15, 0.2) is 0 Å². The number of hydrogen-bond donors (Lipinski definition) is 2. The van der Waals surface area contributed by atoms with Crippen molar-refractivity contribution in [2.24, 2.45) is 0 Å². The SMILES string of the molecule is COc1ccc(C(Nc2ccc(C)cc2)C2=C(O)c3ccccc3C(=O)C2=O)cc1. The van der Waals surface area contributed by atoms with E-state index in [2.05, 4.69) is 5.32 Å². The van der Waals surface area contributed by atoms with Gasteiger partial charge in [-0.05, 0) is 36.8 Å². The Bertz CT molecular complexity index is 1140. The molecule has 0 aliphatic heterocycles. The molecule has 1 atom stereocenters. The minimum atomic E-state index is -0.719. The second kappa shape index (κ2) is 7.87. The van der Waals surface area contributed by atoms with E-state index < -0.39 is 17.6 Å². The van der Waals surface area contributed by atoms with E-state index in [0.717, 1.165) is 16.8 Å². The molecule has 0 spiro atoms. The molecule has 1 unspecified atom stereocenters. The van der Waals surface area contributed by atoms with E-state index in [9.17, 15) is 14.7 Å². The molecule has 30 heavy (non-hydrogen) atoms. The average Bonchev–Trinajstić information content (AvgIpc) is 2.78. The Kier molecular flexibility index (Phi) is 5.11. The molecule has 150 valence electrons. The van der Waals surface area contributed by atoms with Crippen LogP contribution in [-0.4, -0.2) is 23.8 Å². The summed E-state index contributed by atoms with van der Waals surface area (Å²) < 4.78 is 5.23. The van der Waals surface area contributed by atoms with Crippen molar-refractivity contribution in [3.63, 3.8) is 0 Å². The molecule has 0 bridgehead atoms. The molecule has 0 amide bonds. The minimum Gasteiger partial charge on any atom is -0.507 e. The monoisotopic (exact) mass is 399 g/mol. The highest BCUT2D eigenvalue weighted by molar-refractivity contribution is 6.52. The van der Waals surface area contributed by atoms with Crippen LogP contribution in [0.15, 0.2) is 78.4 Å². The number of rotatable bonds is 5. The van der Waals surface area contributed by atoms with E-state index in [1.807, 2.05) is 43.3 Å². The first-order chi connectivity index (χ1) is 14.5. The first-order valence-corrected chi connectivity index (χ1v) is 9.58. The molecule has 1 aliphatic carbocycles. The van der Waals surface area contributed by atoms with E-state index in [1.54, 1.807) is 43.5 Å². The van der Waals surface area contributed by atoms with Crippen LogP contribution < -0.4 is 10.1 Å². The summed E-state index contributed by atoms with van der Waals surface area (Å²) in [4.78, 5) is 25.8. The van der Waals surface area contributed by atoms with E-state index in [4.69, 9.17) is 4.74 Å². The summed E-state index contributed by atoms with van der Waals surface area (Å²) in [5.74, 6) is -0.854. The maximum atomic E-state index is 13.0. The van der Waals surface area contributed by atoms with Crippen LogP contribution in [0.1, 0.15) is 33.1 Å². The summed E-state index contributed by atoms with van der Waals surface area (Å²) in [6.45, 7) is 1.99. The molecule has 0 radical (unpaired) electrons. The number of ketones is 2. The zero-order valence-corrected chi connectivity index (χ0v) is 16.7. The zero-order chi connectivity index (χ0) is 21.3. The Balaban J connectivity index is 1.86. The summed E-state index contributed by atoms with van der Waals surface area (Å²) in [7, 11) is 1.58. The zero-order valence-electron chi connectivity index (χ0n) is 16.7. The van der Waals surface area contributed by atoms with Gasteiger partial charge in [-0.1, -0.05) is 54.1 Å². The number of carbonyl (C=O) groups is 2. The molecule has 0 heterocycles. The second-order valence-electron chi connectivity index (χ2n) is 7.18. The first-order valence-electron chi connectivity index (χ1n) is 9.58. The summed E-state index contributed by atoms with van der Waals surface area (Å²) in [5.41, 5.74) is 3.19. The third-order valence-electron chi connectivity index (χ3n) is 5.23. The molecule has 0 saturated carbocycles. The molecule has 0 fully saturated rings. The van der Waals surface area contributed by atoms with Gasteiger partial charge in [0.05, 0.1) is 18.7 Å². The molecular formula is C25H21NO4. The fourth-order valence-corrected chi connectivity index (χ4v) is 3.59. The Hall–Kier alpha value is -3.86. The number of carbonyl (C=O) groups excluding carboxylic acids is 2. The second-order valence-corrected chi connectivity index (χ2v) is 7.18. The standard InChI is InChI=1S/C25H21NO4/c1-15-7-11-17(12-8-15)26-22(16-9-13-18(30-2)14-10-16)21-23(27)19-5-3-4-6-20(19)24(28)25(21)29/h3-14,22,26-27H,1-2H3. The van der Waals surface area contributed by atoms with Gasteiger partial charge >= 0.3 is 0 Å². The van der Waals surface area contributed by atoms with Crippen molar-refractivity contribution >= 4 is 23.0 Å². The van der Waals surface area contributed by atoms with Gasteiger partial charge in [0, 0.05) is 16.8 Å². The van der Waals surface area contributed by atoms with E-state index in [-0.39, 0.29) is 16.9 Å². The quantitative estimate of drug-likeness (QED) is 0.598. The van der Waals surface area contributed by atoms with Crippen LogP contribution >= 0.6 is 0 Å².